The van der Waals surface area contributed by atoms with Crippen molar-refractivity contribution in [3.63, 3.8) is 0 Å². The van der Waals surface area contributed by atoms with Crippen LogP contribution in [0.1, 0.15) is 53.0 Å². The number of likely N-dealkylation sites (tertiary alicyclic amines) is 1. The molecule has 1 atom stereocenters. The van der Waals surface area contributed by atoms with Gasteiger partial charge in [-0.3, -0.25) is 9.89 Å². The average Bonchev–Trinajstić information content (AvgIpc) is 3.59. The van der Waals surface area contributed by atoms with E-state index >= 15 is 0 Å². The fourth-order valence-corrected chi connectivity index (χ4v) is 4.53. The van der Waals surface area contributed by atoms with Crippen LogP contribution in [-0.2, 0) is 6.42 Å². The number of benzene rings is 2. The van der Waals surface area contributed by atoms with Crippen LogP contribution in [0.3, 0.4) is 0 Å². The molecule has 3 heterocycles. The van der Waals surface area contributed by atoms with Gasteiger partial charge < -0.3 is 18.8 Å². The minimum absolute atomic E-state index is 0.127. The average molecular weight is 473 g/mol. The number of hydrogen-bond donors (Lipinski definition) is 1. The van der Waals surface area contributed by atoms with E-state index in [-0.39, 0.29) is 11.9 Å². The molecule has 8 heteroatoms. The van der Waals surface area contributed by atoms with Crippen LogP contribution in [0.5, 0.6) is 11.5 Å². The Kier molecular flexibility index (Phi) is 6.52. The summed E-state index contributed by atoms with van der Waals surface area (Å²) < 4.78 is 16.9. The minimum atomic E-state index is -0.209. The van der Waals surface area contributed by atoms with Crippen molar-refractivity contribution in [2.45, 2.75) is 31.7 Å². The largest absolute Gasteiger partial charge is 0.497 e. The molecule has 1 amide bonds. The number of methoxy groups -OCH3 is 2. The van der Waals surface area contributed by atoms with E-state index in [0.29, 0.717) is 41.7 Å². The summed E-state index contributed by atoms with van der Waals surface area (Å²) in [5.41, 5.74) is 2.92. The number of carbonyl (C=O) groups excluding carboxylic acids is 1. The second kappa shape index (κ2) is 10.0. The molecule has 0 saturated carbocycles. The first-order valence-electron chi connectivity index (χ1n) is 11.7. The first kappa shape index (κ1) is 22.7. The second-order valence-electron chi connectivity index (χ2n) is 8.57. The van der Waals surface area contributed by atoms with Gasteiger partial charge in [-0.15, -0.1) is 0 Å². The quantitative estimate of drug-likeness (QED) is 0.405. The van der Waals surface area contributed by atoms with E-state index in [1.54, 1.807) is 26.5 Å². The topological polar surface area (TPSA) is 93.5 Å². The molecule has 0 radical (unpaired) electrons. The van der Waals surface area contributed by atoms with E-state index in [1.165, 1.54) is 0 Å². The number of carbonyl (C=O) groups is 1. The summed E-state index contributed by atoms with van der Waals surface area (Å²) in [5.74, 6) is 2.58. The lowest BCUT2D eigenvalue weighted by Gasteiger charge is -2.33. The Bertz CT molecular complexity index is 1300. The third-order valence-corrected chi connectivity index (χ3v) is 6.33. The zero-order valence-electron chi connectivity index (χ0n) is 19.9. The molecule has 2 aromatic carbocycles. The summed E-state index contributed by atoms with van der Waals surface area (Å²) >= 11 is 0. The van der Waals surface area contributed by atoms with Crippen LogP contribution in [0, 0.1) is 0 Å². The van der Waals surface area contributed by atoms with Crippen LogP contribution >= 0.6 is 0 Å². The molecule has 4 aromatic rings. The molecule has 1 aliphatic rings. The van der Waals surface area contributed by atoms with Gasteiger partial charge in [-0.05, 0) is 49.1 Å². The van der Waals surface area contributed by atoms with Crippen molar-refractivity contribution < 1.29 is 18.7 Å². The van der Waals surface area contributed by atoms with Crippen LogP contribution in [0.2, 0.25) is 0 Å². The third-order valence-electron chi connectivity index (χ3n) is 6.33. The first-order valence-corrected chi connectivity index (χ1v) is 11.7. The lowest BCUT2D eigenvalue weighted by atomic mass is 10.0. The highest BCUT2D eigenvalue weighted by Gasteiger charge is 2.33. The normalized spacial score (nSPS) is 15.7. The van der Waals surface area contributed by atoms with E-state index < -0.39 is 0 Å². The molecule has 35 heavy (non-hydrogen) atoms. The van der Waals surface area contributed by atoms with Gasteiger partial charge in [-0.2, -0.15) is 5.10 Å². The van der Waals surface area contributed by atoms with Gasteiger partial charge in [0.15, 0.2) is 0 Å². The van der Waals surface area contributed by atoms with Crippen LogP contribution in [0.25, 0.3) is 11.3 Å². The number of oxazole rings is 1. The maximum absolute atomic E-state index is 13.5. The number of aromatic nitrogens is 3. The molecule has 0 unspecified atom stereocenters. The smallest absolute Gasteiger partial charge is 0.272 e. The Hall–Kier alpha value is -4.07. The van der Waals surface area contributed by atoms with Crippen molar-refractivity contribution in [2.24, 2.45) is 0 Å². The van der Waals surface area contributed by atoms with Gasteiger partial charge in [0.2, 0.25) is 5.89 Å². The van der Waals surface area contributed by atoms with Crippen LogP contribution < -0.4 is 9.47 Å². The van der Waals surface area contributed by atoms with Crippen LogP contribution in [0.4, 0.5) is 0 Å². The lowest BCUT2D eigenvalue weighted by Crippen LogP contribution is -2.38. The van der Waals surface area contributed by atoms with Crippen molar-refractivity contribution in [1.82, 2.24) is 20.1 Å². The van der Waals surface area contributed by atoms with Gasteiger partial charge in [0.25, 0.3) is 5.91 Å². The Morgan fingerprint density at radius 3 is 2.77 bits per heavy atom. The van der Waals surface area contributed by atoms with E-state index in [9.17, 15) is 4.79 Å². The van der Waals surface area contributed by atoms with Gasteiger partial charge in [0.05, 0.1) is 26.1 Å². The highest BCUT2D eigenvalue weighted by atomic mass is 16.5. The molecular weight excluding hydrogens is 444 g/mol. The predicted molar refractivity (Wildman–Crippen MR) is 131 cm³/mol. The number of rotatable bonds is 7. The molecule has 0 spiro atoms. The predicted octanol–water partition coefficient (Wildman–Crippen LogP) is 5.04. The minimum Gasteiger partial charge on any atom is -0.497 e. The van der Waals surface area contributed by atoms with Crippen molar-refractivity contribution in [3.05, 3.63) is 83.7 Å². The Morgan fingerprint density at radius 1 is 1.11 bits per heavy atom. The maximum atomic E-state index is 13.5. The standard InChI is InChI=1S/C27H28N4O4/c1-33-19-11-12-25(34-2)21(15-19)22-16-23(30-29-22)27(32)31-13-7-6-10-24(31)26-28-17-20(35-26)14-18-8-4-3-5-9-18/h3-5,8-9,11-12,15-17,24H,6-7,10,13-14H2,1-2H3,(H,29,30)/t24-/m0/s1. The molecule has 0 bridgehead atoms. The van der Waals surface area contributed by atoms with E-state index in [1.807, 2.05) is 41.3 Å². The number of nitrogens with one attached hydrogen (secondary N) is 1. The number of ether oxygens (including phenoxy) is 2. The molecule has 0 aliphatic carbocycles. The summed E-state index contributed by atoms with van der Waals surface area (Å²) in [7, 11) is 3.21. The van der Waals surface area contributed by atoms with E-state index in [4.69, 9.17) is 13.9 Å². The van der Waals surface area contributed by atoms with Crippen molar-refractivity contribution in [1.29, 1.82) is 0 Å². The van der Waals surface area contributed by atoms with Crippen molar-refractivity contribution in [3.8, 4) is 22.8 Å². The number of amides is 1. The van der Waals surface area contributed by atoms with Crippen molar-refractivity contribution in [2.75, 3.05) is 20.8 Å². The van der Waals surface area contributed by atoms with Crippen LogP contribution in [0.15, 0.2) is 65.2 Å². The van der Waals surface area contributed by atoms with Crippen molar-refractivity contribution >= 4 is 5.91 Å². The van der Waals surface area contributed by atoms with Gasteiger partial charge in [0.1, 0.15) is 29.0 Å². The fourth-order valence-electron chi connectivity index (χ4n) is 4.53. The summed E-state index contributed by atoms with van der Waals surface area (Å²) in [6.07, 6.45) is 5.19. The van der Waals surface area contributed by atoms with E-state index in [0.717, 1.165) is 36.1 Å². The molecular formula is C27H28N4O4. The maximum Gasteiger partial charge on any atom is 0.272 e. The Labute approximate surface area is 203 Å². The molecule has 1 N–H and O–H groups in total. The number of nitrogens with zero attached hydrogens (tertiary/aromatic N) is 3. The molecule has 2 aromatic heterocycles. The third kappa shape index (κ3) is 4.77. The zero-order chi connectivity index (χ0) is 24.2. The molecule has 1 aliphatic heterocycles. The highest BCUT2D eigenvalue weighted by molar-refractivity contribution is 5.94. The summed E-state index contributed by atoms with van der Waals surface area (Å²) in [4.78, 5) is 19.9. The molecule has 180 valence electrons. The summed E-state index contributed by atoms with van der Waals surface area (Å²) in [5, 5.41) is 7.30. The molecule has 5 rings (SSSR count). The van der Waals surface area contributed by atoms with Gasteiger partial charge in [-0.1, -0.05) is 30.3 Å². The first-order chi connectivity index (χ1) is 17.2. The zero-order valence-corrected chi connectivity index (χ0v) is 19.9. The number of piperidine rings is 1. The summed E-state index contributed by atoms with van der Waals surface area (Å²) in [6.45, 7) is 0.636. The lowest BCUT2D eigenvalue weighted by molar-refractivity contribution is 0.0564. The second-order valence-corrected chi connectivity index (χ2v) is 8.57. The van der Waals surface area contributed by atoms with Crippen LogP contribution in [-0.4, -0.2) is 46.8 Å². The number of aromatic amines is 1. The molecule has 1 saturated heterocycles. The SMILES string of the molecule is COc1ccc(OC)c(-c2cc(C(=O)N3CCCC[C@H]3c3ncc(Cc4ccccc4)o3)[nH]n2)c1. The monoisotopic (exact) mass is 472 g/mol. The van der Waals surface area contributed by atoms with Gasteiger partial charge >= 0.3 is 0 Å². The number of hydrogen-bond acceptors (Lipinski definition) is 6. The highest BCUT2D eigenvalue weighted by Crippen LogP contribution is 2.35. The molecule has 1 fully saturated rings. The fraction of sp³-hybridized carbons (Fsp3) is 0.296. The molecule has 8 nitrogen and oxygen atoms in total. The Morgan fingerprint density at radius 2 is 1.97 bits per heavy atom. The van der Waals surface area contributed by atoms with E-state index in [2.05, 4.69) is 27.3 Å². The van der Waals surface area contributed by atoms with Gasteiger partial charge in [0, 0.05) is 18.5 Å². The number of H-pyrrole nitrogens is 1. The Balaban J connectivity index is 1.37. The summed E-state index contributed by atoms with van der Waals surface area (Å²) in [6, 6.07) is 17.2. The van der Waals surface area contributed by atoms with Gasteiger partial charge in [-0.25, -0.2) is 4.98 Å².